The second kappa shape index (κ2) is 5.48. The highest BCUT2D eigenvalue weighted by Gasteiger charge is 2.15. The zero-order valence-corrected chi connectivity index (χ0v) is 11.2. The predicted octanol–water partition coefficient (Wildman–Crippen LogP) is 2.90. The zero-order valence-electron chi connectivity index (χ0n) is 10.4. The molecular formula is C14H16ClN3. The molecule has 1 aromatic carbocycles. The van der Waals surface area contributed by atoms with Crippen molar-refractivity contribution in [2.45, 2.75) is 19.9 Å². The van der Waals surface area contributed by atoms with Crippen molar-refractivity contribution in [1.82, 2.24) is 10.4 Å². The number of nitrogens with two attached hydrogens (primary N) is 1. The monoisotopic (exact) mass is 261 g/mol. The van der Waals surface area contributed by atoms with Crippen LogP contribution in [0.3, 0.4) is 0 Å². The molecule has 0 aliphatic rings. The van der Waals surface area contributed by atoms with Crippen LogP contribution < -0.4 is 11.3 Å². The molecule has 0 saturated carbocycles. The third kappa shape index (κ3) is 2.70. The zero-order chi connectivity index (χ0) is 13.1. The Morgan fingerprint density at radius 1 is 1.11 bits per heavy atom. The average molecular weight is 262 g/mol. The van der Waals surface area contributed by atoms with E-state index in [9.17, 15) is 0 Å². The molecule has 0 spiro atoms. The van der Waals surface area contributed by atoms with Crippen LogP contribution in [0.1, 0.15) is 28.6 Å². The standard InChI is InChI=1S/C14H16ClN3/c1-9-3-8-13(10(2)17-9)14(18-16)11-4-6-12(15)7-5-11/h3-8,14,18H,16H2,1-2H3. The van der Waals surface area contributed by atoms with E-state index in [4.69, 9.17) is 17.4 Å². The predicted molar refractivity (Wildman–Crippen MR) is 74.3 cm³/mol. The summed E-state index contributed by atoms with van der Waals surface area (Å²) in [6.45, 7) is 3.96. The van der Waals surface area contributed by atoms with E-state index in [1.807, 2.05) is 44.2 Å². The summed E-state index contributed by atoms with van der Waals surface area (Å²) in [6, 6.07) is 11.6. The topological polar surface area (TPSA) is 50.9 Å². The number of aromatic nitrogens is 1. The Morgan fingerprint density at radius 2 is 1.78 bits per heavy atom. The molecule has 0 fully saturated rings. The highest BCUT2D eigenvalue weighted by molar-refractivity contribution is 6.30. The molecule has 3 N–H and O–H groups in total. The molecule has 1 heterocycles. The lowest BCUT2D eigenvalue weighted by Crippen LogP contribution is -2.29. The number of hydrogen-bond acceptors (Lipinski definition) is 3. The molecule has 3 nitrogen and oxygen atoms in total. The number of benzene rings is 1. The molecule has 1 atom stereocenters. The van der Waals surface area contributed by atoms with E-state index in [0.717, 1.165) is 22.5 Å². The average Bonchev–Trinajstić information content (AvgIpc) is 2.35. The first-order valence-electron chi connectivity index (χ1n) is 5.77. The summed E-state index contributed by atoms with van der Waals surface area (Å²) in [7, 11) is 0. The normalized spacial score (nSPS) is 12.4. The lowest BCUT2D eigenvalue weighted by atomic mass is 9.98. The molecule has 94 valence electrons. The first-order chi connectivity index (χ1) is 8.61. The first-order valence-corrected chi connectivity index (χ1v) is 6.15. The SMILES string of the molecule is Cc1ccc(C(NN)c2ccc(Cl)cc2)c(C)n1. The van der Waals surface area contributed by atoms with E-state index < -0.39 is 0 Å². The van der Waals surface area contributed by atoms with Crippen LogP contribution in [0.5, 0.6) is 0 Å². The Labute approximate surface area is 112 Å². The molecule has 0 aliphatic heterocycles. The van der Waals surface area contributed by atoms with Crippen molar-refractivity contribution in [3.63, 3.8) is 0 Å². The first kappa shape index (κ1) is 13.0. The second-order valence-corrected chi connectivity index (χ2v) is 4.71. The Balaban J connectivity index is 2.41. The van der Waals surface area contributed by atoms with E-state index in [0.29, 0.717) is 5.02 Å². The minimum absolute atomic E-state index is 0.0737. The number of hydrogen-bond donors (Lipinski definition) is 2. The van der Waals surface area contributed by atoms with Crippen LogP contribution in [-0.4, -0.2) is 4.98 Å². The van der Waals surface area contributed by atoms with Gasteiger partial charge in [0, 0.05) is 16.4 Å². The molecular weight excluding hydrogens is 246 g/mol. The van der Waals surface area contributed by atoms with Crippen LogP contribution in [-0.2, 0) is 0 Å². The van der Waals surface area contributed by atoms with Gasteiger partial charge in [0.2, 0.25) is 0 Å². The Morgan fingerprint density at radius 3 is 2.33 bits per heavy atom. The van der Waals surface area contributed by atoms with Crippen molar-refractivity contribution in [3.8, 4) is 0 Å². The number of pyridine rings is 1. The highest BCUT2D eigenvalue weighted by Crippen LogP contribution is 2.24. The number of aryl methyl sites for hydroxylation is 2. The van der Waals surface area contributed by atoms with Gasteiger partial charge in [-0.2, -0.15) is 0 Å². The van der Waals surface area contributed by atoms with Gasteiger partial charge in [0.15, 0.2) is 0 Å². The summed E-state index contributed by atoms with van der Waals surface area (Å²) in [6.07, 6.45) is 0. The van der Waals surface area contributed by atoms with Gasteiger partial charge in [0.25, 0.3) is 0 Å². The molecule has 2 aromatic rings. The lowest BCUT2D eigenvalue weighted by Gasteiger charge is -2.18. The summed E-state index contributed by atoms with van der Waals surface area (Å²) in [5.74, 6) is 5.67. The fourth-order valence-electron chi connectivity index (χ4n) is 2.02. The van der Waals surface area contributed by atoms with Gasteiger partial charge in [0.05, 0.1) is 6.04 Å². The molecule has 2 rings (SSSR count). The lowest BCUT2D eigenvalue weighted by molar-refractivity contribution is 0.630. The van der Waals surface area contributed by atoms with Crippen LogP contribution in [0.15, 0.2) is 36.4 Å². The molecule has 0 aliphatic carbocycles. The fraction of sp³-hybridized carbons (Fsp3) is 0.214. The van der Waals surface area contributed by atoms with E-state index >= 15 is 0 Å². The fourth-order valence-corrected chi connectivity index (χ4v) is 2.15. The maximum Gasteiger partial charge on any atom is 0.0727 e. The maximum atomic E-state index is 5.89. The van der Waals surface area contributed by atoms with Gasteiger partial charge in [-0.3, -0.25) is 10.8 Å². The summed E-state index contributed by atoms with van der Waals surface area (Å²) >= 11 is 5.89. The summed E-state index contributed by atoms with van der Waals surface area (Å²) in [4.78, 5) is 4.46. The molecule has 0 amide bonds. The number of halogens is 1. The number of rotatable bonds is 3. The third-order valence-corrected chi connectivity index (χ3v) is 3.20. The second-order valence-electron chi connectivity index (χ2n) is 4.28. The van der Waals surface area contributed by atoms with Gasteiger partial charge in [-0.1, -0.05) is 29.8 Å². The van der Waals surface area contributed by atoms with Crippen molar-refractivity contribution < 1.29 is 0 Å². The van der Waals surface area contributed by atoms with Crippen molar-refractivity contribution in [2.24, 2.45) is 5.84 Å². The number of hydrazine groups is 1. The van der Waals surface area contributed by atoms with Gasteiger partial charge in [-0.05, 0) is 43.2 Å². The Bertz CT molecular complexity index is 537. The molecule has 0 radical (unpaired) electrons. The van der Waals surface area contributed by atoms with Gasteiger partial charge in [0.1, 0.15) is 0 Å². The Kier molecular flexibility index (Phi) is 3.97. The van der Waals surface area contributed by atoms with Crippen LogP contribution >= 0.6 is 11.6 Å². The summed E-state index contributed by atoms with van der Waals surface area (Å²) in [5.41, 5.74) is 6.95. The van der Waals surface area contributed by atoms with Gasteiger partial charge >= 0.3 is 0 Å². The molecule has 4 heteroatoms. The molecule has 0 saturated heterocycles. The van der Waals surface area contributed by atoms with E-state index in [1.54, 1.807) is 0 Å². The van der Waals surface area contributed by atoms with Crippen molar-refractivity contribution in [3.05, 3.63) is 63.9 Å². The number of nitrogens with zero attached hydrogens (tertiary/aromatic N) is 1. The van der Waals surface area contributed by atoms with Crippen LogP contribution in [0.4, 0.5) is 0 Å². The Hall–Kier alpha value is -1.42. The van der Waals surface area contributed by atoms with Crippen molar-refractivity contribution in [2.75, 3.05) is 0 Å². The maximum absolute atomic E-state index is 5.89. The quantitative estimate of drug-likeness (QED) is 0.660. The smallest absolute Gasteiger partial charge is 0.0727 e. The van der Waals surface area contributed by atoms with Crippen molar-refractivity contribution >= 4 is 11.6 Å². The van der Waals surface area contributed by atoms with Gasteiger partial charge in [-0.15, -0.1) is 0 Å². The van der Waals surface area contributed by atoms with E-state index in [1.165, 1.54) is 0 Å². The minimum atomic E-state index is -0.0737. The van der Waals surface area contributed by atoms with Crippen LogP contribution in [0.2, 0.25) is 5.02 Å². The van der Waals surface area contributed by atoms with Gasteiger partial charge in [-0.25, -0.2) is 5.43 Å². The third-order valence-electron chi connectivity index (χ3n) is 2.95. The molecule has 1 aromatic heterocycles. The van der Waals surface area contributed by atoms with Crippen molar-refractivity contribution in [1.29, 1.82) is 0 Å². The molecule has 0 bridgehead atoms. The minimum Gasteiger partial charge on any atom is -0.271 e. The van der Waals surface area contributed by atoms with Gasteiger partial charge < -0.3 is 0 Å². The molecule has 18 heavy (non-hydrogen) atoms. The van der Waals surface area contributed by atoms with E-state index in [2.05, 4.69) is 16.5 Å². The van der Waals surface area contributed by atoms with Crippen LogP contribution in [0.25, 0.3) is 0 Å². The molecule has 1 unspecified atom stereocenters. The summed E-state index contributed by atoms with van der Waals surface area (Å²) in [5, 5.41) is 0.716. The summed E-state index contributed by atoms with van der Waals surface area (Å²) < 4.78 is 0. The largest absolute Gasteiger partial charge is 0.271 e. The van der Waals surface area contributed by atoms with Crippen LogP contribution in [0, 0.1) is 13.8 Å². The van der Waals surface area contributed by atoms with E-state index in [-0.39, 0.29) is 6.04 Å². The highest BCUT2D eigenvalue weighted by atomic mass is 35.5. The number of nitrogens with one attached hydrogen (secondary N) is 1.